The number of rotatable bonds is 2. The molecular formula is C15H9ClF4O. The van der Waals surface area contributed by atoms with Crippen LogP contribution in [0.15, 0.2) is 36.4 Å². The average Bonchev–Trinajstić information content (AvgIpc) is 2.35. The molecule has 0 N–H and O–H groups in total. The average molecular weight is 317 g/mol. The maximum atomic E-state index is 13.3. The number of carbonyl (C=O) groups excluding carboxylic acids is 1. The first-order valence-corrected chi connectivity index (χ1v) is 6.25. The highest BCUT2D eigenvalue weighted by atomic mass is 35.5. The molecule has 0 bridgehead atoms. The highest BCUT2D eigenvalue weighted by molar-refractivity contribution is 6.30. The summed E-state index contributed by atoms with van der Waals surface area (Å²) in [5.41, 5.74) is -1.13. The SMILES string of the molecule is CC(=O)c1ccc(-c2cc(F)cc(Cl)c2)cc1C(F)(F)F. The fourth-order valence-corrected chi connectivity index (χ4v) is 2.21. The van der Waals surface area contributed by atoms with Gasteiger partial charge in [-0.3, -0.25) is 4.79 Å². The van der Waals surface area contributed by atoms with Gasteiger partial charge in [0, 0.05) is 10.6 Å². The summed E-state index contributed by atoms with van der Waals surface area (Å²) in [4.78, 5) is 11.3. The number of ketones is 1. The molecule has 21 heavy (non-hydrogen) atoms. The summed E-state index contributed by atoms with van der Waals surface area (Å²) < 4.78 is 52.3. The van der Waals surface area contributed by atoms with E-state index < -0.39 is 28.9 Å². The molecule has 2 rings (SSSR count). The number of alkyl halides is 3. The molecule has 1 nitrogen and oxygen atoms in total. The summed E-state index contributed by atoms with van der Waals surface area (Å²) in [7, 11) is 0. The normalized spacial score (nSPS) is 11.5. The maximum Gasteiger partial charge on any atom is 0.417 e. The van der Waals surface area contributed by atoms with E-state index >= 15 is 0 Å². The molecule has 0 radical (unpaired) electrons. The van der Waals surface area contributed by atoms with E-state index in [1.165, 1.54) is 12.1 Å². The Bertz CT molecular complexity index is 687. The van der Waals surface area contributed by atoms with Crippen LogP contribution >= 0.6 is 11.6 Å². The first-order valence-electron chi connectivity index (χ1n) is 5.87. The minimum atomic E-state index is -4.67. The lowest BCUT2D eigenvalue weighted by molar-refractivity contribution is -0.137. The Morgan fingerprint density at radius 1 is 1.05 bits per heavy atom. The molecule has 0 aliphatic rings. The van der Waals surface area contributed by atoms with Crippen LogP contribution in [0.5, 0.6) is 0 Å². The van der Waals surface area contributed by atoms with Crippen molar-refractivity contribution in [2.24, 2.45) is 0 Å². The van der Waals surface area contributed by atoms with E-state index in [2.05, 4.69) is 0 Å². The van der Waals surface area contributed by atoms with Crippen molar-refractivity contribution in [2.75, 3.05) is 0 Å². The molecule has 0 aliphatic heterocycles. The molecule has 0 heterocycles. The molecule has 0 saturated heterocycles. The van der Waals surface area contributed by atoms with Gasteiger partial charge in [0.25, 0.3) is 0 Å². The van der Waals surface area contributed by atoms with Crippen LogP contribution in [-0.4, -0.2) is 5.78 Å². The second-order valence-electron chi connectivity index (χ2n) is 4.47. The minimum Gasteiger partial charge on any atom is -0.294 e. The van der Waals surface area contributed by atoms with Crippen LogP contribution in [0.1, 0.15) is 22.8 Å². The van der Waals surface area contributed by atoms with Crippen LogP contribution in [0.4, 0.5) is 17.6 Å². The molecule has 110 valence electrons. The molecule has 2 aromatic rings. The van der Waals surface area contributed by atoms with Crippen molar-refractivity contribution >= 4 is 17.4 Å². The van der Waals surface area contributed by atoms with Crippen molar-refractivity contribution in [3.05, 3.63) is 58.4 Å². The highest BCUT2D eigenvalue weighted by Crippen LogP contribution is 2.35. The lowest BCUT2D eigenvalue weighted by Crippen LogP contribution is -2.11. The Morgan fingerprint density at radius 3 is 2.24 bits per heavy atom. The summed E-state index contributed by atoms with van der Waals surface area (Å²) in [5.74, 6) is -1.34. The van der Waals surface area contributed by atoms with Gasteiger partial charge in [0.1, 0.15) is 5.82 Å². The molecule has 2 aromatic carbocycles. The quantitative estimate of drug-likeness (QED) is 0.538. The number of halogens is 5. The molecule has 0 saturated carbocycles. The van der Waals surface area contributed by atoms with E-state index in [0.29, 0.717) is 0 Å². The molecule has 0 atom stereocenters. The van der Waals surface area contributed by atoms with Gasteiger partial charge in [0.2, 0.25) is 0 Å². The zero-order valence-electron chi connectivity index (χ0n) is 10.8. The van der Waals surface area contributed by atoms with Crippen LogP contribution in [0.2, 0.25) is 5.02 Å². The monoisotopic (exact) mass is 316 g/mol. The van der Waals surface area contributed by atoms with E-state index in [1.54, 1.807) is 0 Å². The molecule has 0 aliphatic carbocycles. The Hall–Kier alpha value is -1.88. The number of hydrogen-bond donors (Lipinski definition) is 0. The third-order valence-corrected chi connectivity index (χ3v) is 3.12. The van der Waals surface area contributed by atoms with Gasteiger partial charge in [-0.25, -0.2) is 4.39 Å². The third kappa shape index (κ3) is 3.42. The molecule has 0 spiro atoms. The van der Waals surface area contributed by atoms with Gasteiger partial charge >= 0.3 is 6.18 Å². The van der Waals surface area contributed by atoms with E-state index in [4.69, 9.17) is 11.6 Å². The highest BCUT2D eigenvalue weighted by Gasteiger charge is 2.34. The molecule has 0 amide bonds. The van der Waals surface area contributed by atoms with E-state index in [0.717, 1.165) is 31.2 Å². The van der Waals surface area contributed by atoms with Gasteiger partial charge in [-0.15, -0.1) is 0 Å². The predicted molar refractivity (Wildman–Crippen MR) is 71.9 cm³/mol. The predicted octanol–water partition coefficient (Wildman–Crippen LogP) is 5.37. The Labute approximate surface area is 123 Å². The second-order valence-corrected chi connectivity index (χ2v) is 4.91. The number of hydrogen-bond acceptors (Lipinski definition) is 1. The fourth-order valence-electron chi connectivity index (χ4n) is 1.99. The van der Waals surface area contributed by atoms with Crippen molar-refractivity contribution in [1.29, 1.82) is 0 Å². The Kier molecular flexibility index (Phi) is 4.05. The van der Waals surface area contributed by atoms with Crippen molar-refractivity contribution in [1.82, 2.24) is 0 Å². The van der Waals surface area contributed by atoms with E-state index in [1.807, 2.05) is 0 Å². The zero-order chi connectivity index (χ0) is 15.8. The Balaban J connectivity index is 2.64. The van der Waals surface area contributed by atoms with Crippen LogP contribution in [0.25, 0.3) is 11.1 Å². The maximum absolute atomic E-state index is 13.3. The fraction of sp³-hybridized carbons (Fsp3) is 0.133. The van der Waals surface area contributed by atoms with E-state index in [9.17, 15) is 22.4 Å². The number of Topliss-reactive ketones (excluding diaryl/α,β-unsaturated/α-hetero) is 1. The first kappa shape index (κ1) is 15.5. The number of carbonyl (C=O) groups is 1. The van der Waals surface area contributed by atoms with Gasteiger partial charge in [-0.05, 0) is 42.3 Å². The third-order valence-electron chi connectivity index (χ3n) is 2.90. The van der Waals surface area contributed by atoms with Crippen molar-refractivity contribution in [3.8, 4) is 11.1 Å². The van der Waals surface area contributed by atoms with Crippen LogP contribution in [0, 0.1) is 5.82 Å². The lowest BCUT2D eigenvalue weighted by atomic mass is 9.97. The first-order chi connectivity index (χ1) is 9.68. The van der Waals surface area contributed by atoms with Crippen LogP contribution in [-0.2, 0) is 6.18 Å². The molecule has 0 aromatic heterocycles. The van der Waals surface area contributed by atoms with E-state index in [-0.39, 0.29) is 16.1 Å². The van der Waals surface area contributed by atoms with Gasteiger partial charge in [0.15, 0.2) is 5.78 Å². The lowest BCUT2D eigenvalue weighted by Gasteiger charge is -2.13. The van der Waals surface area contributed by atoms with Crippen molar-refractivity contribution < 1.29 is 22.4 Å². The van der Waals surface area contributed by atoms with Crippen LogP contribution < -0.4 is 0 Å². The second kappa shape index (κ2) is 5.48. The summed E-state index contributed by atoms with van der Waals surface area (Å²) in [5, 5.41) is 0.0780. The summed E-state index contributed by atoms with van der Waals surface area (Å²) >= 11 is 5.70. The summed E-state index contributed by atoms with van der Waals surface area (Å²) in [6.07, 6.45) is -4.67. The summed E-state index contributed by atoms with van der Waals surface area (Å²) in [6, 6.07) is 6.72. The Morgan fingerprint density at radius 2 is 1.71 bits per heavy atom. The molecule has 0 unspecified atom stereocenters. The van der Waals surface area contributed by atoms with Gasteiger partial charge in [0.05, 0.1) is 5.56 Å². The summed E-state index contributed by atoms with van der Waals surface area (Å²) in [6.45, 7) is 1.06. The van der Waals surface area contributed by atoms with Crippen molar-refractivity contribution in [3.63, 3.8) is 0 Å². The zero-order valence-corrected chi connectivity index (χ0v) is 11.5. The molecule has 0 fully saturated rings. The molecule has 6 heteroatoms. The van der Waals surface area contributed by atoms with Crippen molar-refractivity contribution in [2.45, 2.75) is 13.1 Å². The van der Waals surface area contributed by atoms with Gasteiger partial charge < -0.3 is 0 Å². The van der Waals surface area contributed by atoms with Gasteiger partial charge in [-0.2, -0.15) is 13.2 Å². The largest absolute Gasteiger partial charge is 0.417 e. The number of benzene rings is 2. The minimum absolute atomic E-state index is 0.0780. The van der Waals surface area contributed by atoms with Gasteiger partial charge in [-0.1, -0.05) is 23.7 Å². The topological polar surface area (TPSA) is 17.1 Å². The smallest absolute Gasteiger partial charge is 0.294 e. The standard InChI is InChI=1S/C15H9ClF4O/c1-8(21)13-3-2-9(6-14(13)15(18,19)20)10-4-11(16)7-12(17)5-10/h2-7H,1H3. The van der Waals surface area contributed by atoms with Crippen LogP contribution in [0.3, 0.4) is 0 Å². The molecular weight excluding hydrogens is 308 g/mol.